The molecule has 24 heavy (non-hydrogen) atoms. The van der Waals surface area contributed by atoms with Crippen molar-refractivity contribution in [1.29, 1.82) is 0 Å². The maximum atomic E-state index is 13.0. The van der Waals surface area contributed by atoms with E-state index in [1.54, 1.807) is 11.6 Å². The lowest BCUT2D eigenvalue weighted by Gasteiger charge is -2.34. The number of carbonyl (C=O) groups is 1. The molecule has 1 heterocycles. The van der Waals surface area contributed by atoms with Gasteiger partial charge >= 0.3 is 5.97 Å². The van der Waals surface area contributed by atoms with E-state index >= 15 is 0 Å². The molecule has 0 saturated heterocycles. The number of esters is 1. The molecule has 130 valence electrons. The molecule has 1 aliphatic carbocycles. The van der Waals surface area contributed by atoms with E-state index in [0.717, 1.165) is 24.0 Å². The van der Waals surface area contributed by atoms with Gasteiger partial charge in [0.2, 0.25) is 10.0 Å². The Hall–Kier alpha value is -1.22. The van der Waals surface area contributed by atoms with Crippen molar-refractivity contribution in [3.63, 3.8) is 0 Å². The first-order valence-electron chi connectivity index (χ1n) is 7.54. The van der Waals surface area contributed by atoms with Gasteiger partial charge in [0.15, 0.2) is 0 Å². The van der Waals surface area contributed by atoms with E-state index in [0.29, 0.717) is 18.4 Å². The molecule has 9 heteroatoms. The summed E-state index contributed by atoms with van der Waals surface area (Å²) in [6.45, 7) is 0. The number of sulfonamides is 1. The average molecular weight is 389 g/mol. The van der Waals surface area contributed by atoms with Gasteiger partial charge in [-0.25, -0.2) is 13.4 Å². The lowest BCUT2D eigenvalue weighted by atomic mass is 9.83. The predicted molar refractivity (Wildman–Crippen MR) is 92.8 cm³/mol. The second-order valence-corrected chi connectivity index (χ2v) is 8.73. The van der Waals surface area contributed by atoms with Crippen LogP contribution >= 0.6 is 22.9 Å². The number of carbonyl (C=O) groups excluding carboxylic acids is 1. The first-order chi connectivity index (χ1) is 11.4. The molecule has 3 rings (SSSR count). The van der Waals surface area contributed by atoms with Crippen LogP contribution in [-0.4, -0.2) is 32.0 Å². The summed E-state index contributed by atoms with van der Waals surface area (Å²) in [5.74, 6) is -0.563. The summed E-state index contributed by atoms with van der Waals surface area (Å²) < 4.78 is 34.2. The van der Waals surface area contributed by atoms with Crippen LogP contribution in [0.4, 0.5) is 0 Å². The molecule has 0 bridgehead atoms. The van der Waals surface area contributed by atoms with E-state index in [1.165, 1.54) is 24.5 Å². The fourth-order valence-electron chi connectivity index (χ4n) is 3.14. The molecule has 0 aliphatic heterocycles. The normalized spacial score (nSPS) is 17.8. The Labute approximate surface area is 149 Å². The number of thiazole rings is 1. The van der Waals surface area contributed by atoms with Crippen LogP contribution in [0.3, 0.4) is 0 Å². The molecular formula is C15H17ClN2O4S2. The van der Waals surface area contributed by atoms with Crippen LogP contribution in [0.2, 0.25) is 5.02 Å². The highest BCUT2D eigenvalue weighted by Gasteiger charge is 2.45. The number of ether oxygens (including phenoxy) is 1. The van der Waals surface area contributed by atoms with Crippen LogP contribution in [0.25, 0.3) is 10.2 Å². The van der Waals surface area contributed by atoms with E-state index < -0.39 is 21.5 Å². The van der Waals surface area contributed by atoms with E-state index in [4.69, 9.17) is 16.3 Å². The summed E-state index contributed by atoms with van der Waals surface area (Å²) in [5, 5.41) is 0.0803. The molecule has 0 atom stereocenters. The van der Waals surface area contributed by atoms with Crippen molar-refractivity contribution in [2.45, 2.75) is 42.5 Å². The van der Waals surface area contributed by atoms with Crippen molar-refractivity contribution in [1.82, 2.24) is 9.71 Å². The highest BCUT2D eigenvalue weighted by molar-refractivity contribution is 7.90. The summed E-state index contributed by atoms with van der Waals surface area (Å²) in [7, 11) is -2.77. The minimum atomic E-state index is -4.04. The Morgan fingerprint density at radius 2 is 2.04 bits per heavy atom. The Kier molecular flexibility index (Phi) is 4.83. The lowest BCUT2D eigenvalue weighted by Crippen LogP contribution is -2.56. The monoisotopic (exact) mass is 388 g/mol. The van der Waals surface area contributed by atoms with E-state index in [2.05, 4.69) is 9.71 Å². The average Bonchev–Trinajstić information content (AvgIpc) is 3.02. The van der Waals surface area contributed by atoms with Crippen molar-refractivity contribution >= 4 is 49.1 Å². The minimum Gasteiger partial charge on any atom is -0.468 e. The van der Waals surface area contributed by atoms with Crippen LogP contribution in [0, 0.1) is 0 Å². The topological polar surface area (TPSA) is 85.4 Å². The third-order valence-electron chi connectivity index (χ3n) is 4.29. The van der Waals surface area contributed by atoms with Crippen molar-refractivity contribution in [3.8, 4) is 0 Å². The van der Waals surface area contributed by atoms with Crippen LogP contribution in [0.5, 0.6) is 0 Å². The molecule has 0 radical (unpaired) electrons. The van der Waals surface area contributed by atoms with Gasteiger partial charge in [-0.1, -0.05) is 30.9 Å². The van der Waals surface area contributed by atoms with Crippen LogP contribution in [-0.2, 0) is 19.6 Å². The van der Waals surface area contributed by atoms with Crippen molar-refractivity contribution < 1.29 is 17.9 Å². The first-order valence-corrected chi connectivity index (χ1v) is 10.3. The molecule has 6 nitrogen and oxygen atoms in total. The minimum absolute atomic E-state index is 0.0803. The van der Waals surface area contributed by atoms with Crippen LogP contribution in [0.1, 0.15) is 32.1 Å². The van der Waals surface area contributed by atoms with Gasteiger partial charge in [-0.3, -0.25) is 4.79 Å². The summed E-state index contributed by atoms with van der Waals surface area (Å²) in [4.78, 5) is 16.3. The van der Waals surface area contributed by atoms with Gasteiger partial charge in [-0.05, 0) is 25.0 Å². The van der Waals surface area contributed by atoms with E-state index in [9.17, 15) is 13.2 Å². The molecular weight excluding hydrogens is 372 g/mol. The molecule has 0 spiro atoms. The third kappa shape index (κ3) is 3.03. The largest absolute Gasteiger partial charge is 0.468 e. The Bertz CT molecular complexity index is 873. The fraction of sp³-hybridized carbons (Fsp3) is 0.467. The van der Waals surface area contributed by atoms with Crippen molar-refractivity contribution in [2.75, 3.05) is 7.11 Å². The smallest absolute Gasteiger partial charge is 0.327 e. The quantitative estimate of drug-likeness (QED) is 0.813. The van der Waals surface area contributed by atoms with Crippen molar-refractivity contribution in [2.24, 2.45) is 0 Å². The van der Waals surface area contributed by atoms with E-state index in [-0.39, 0.29) is 9.92 Å². The molecule has 1 saturated carbocycles. The summed E-state index contributed by atoms with van der Waals surface area (Å²) in [6, 6.07) is 3.26. The number of methoxy groups -OCH3 is 1. The highest BCUT2D eigenvalue weighted by atomic mass is 35.5. The number of rotatable bonds is 4. The Morgan fingerprint density at radius 1 is 1.33 bits per heavy atom. The number of hydrogen-bond donors (Lipinski definition) is 1. The number of hydrogen-bond acceptors (Lipinski definition) is 6. The molecule has 1 aromatic heterocycles. The maximum Gasteiger partial charge on any atom is 0.327 e. The zero-order valence-corrected chi connectivity index (χ0v) is 15.4. The molecule has 0 amide bonds. The molecule has 1 N–H and O–H groups in total. The third-order valence-corrected chi connectivity index (χ3v) is 7.12. The van der Waals surface area contributed by atoms with Gasteiger partial charge in [0.05, 0.1) is 22.3 Å². The van der Waals surface area contributed by atoms with Gasteiger partial charge in [0, 0.05) is 0 Å². The second kappa shape index (κ2) is 6.59. The first kappa shape index (κ1) is 17.6. The number of benzene rings is 1. The SMILES string of the molecule is COC(=O)C1(NS(=O)(=O)c2c(Cl)ccc3scnc23)CCCCC1. The molecule has 2 aromatic rings. The number of nitrogens with zero attached hydrogens (tertiary/aromatic N) is 1. The predicted octanol–water partition coefficient (Wildman–Crippen LogP) is 3.10. The van der Waals surface area contributed by atoms with Gasteiger partial charge < -0.3 is 4.74 Å². The summed E-state index contributed by atoms with van der Waals surface area (Å²) in [6.07, 6.45) is 3.29. The number of halogens is 1. The molecule has 1 aromatic carbocycles. The summed E-state index contributed by atoms with van der Waals surface area (Å²) in [5.41, 5.74) is 0.639. The Balaban J connectivity index is 2.07. The number of fused-ring (bicyclic) bond motifs is 1. The Morgan fingerprint density at radius 3 is 2.71 bits per heavy atom. The van der Waals surface area contributed by atoms with Gasteiger partial charge in [0.25, 0.3) is 0 Å². The van der Waals surface area contributed by atoms with Crippen molar-refractivity contribution in [3.05, 3.63) is 22.7 Å². The highest BCUT2D eigenvalue weighted by Crippen LogP contribution is 2.35. The number of nitrogens with one attached hydrogen (secondary N) is 1. The number of aromatic nitrogens is 1. The molecule has 0 unspecified atom stereocenters. The zero-order chi connectivity index (χ0) is 17.4. The van der Waals surface area contributed by atoms with Crippen LogP contribution < -0.4 is 4.72 Å². The molecule has 1 fully saturated rings. The van der Waals surface area contributed by atoms with Gasteiger partial charge in [-0.15, -0.1) is 11.3 Å². The van der Waals surface area contributed by atoms with E-state index in [1.807, 2.05) is 0 Å². The standard InChI is InChI=1S/C15H17ClN2O4S2/c1-22-14(19)15(7-3-2-4-8-15)18-24(20,21)13-10(16)5-6-11-12(13)17-9-23-11/h5-6,9,18H,2-4,7-8H2,1H3. The van der Waals surface area contributed by atoms with Gasteiger partial charge in [-0.2, -0.15) is 4.72 Å². The zero-order valence-electron chi connectivity index (χ0n) is 13.0. The molecule has 1 aliphatic rings. The maximum absolute atomic E-state index is 13.0. The van der Waals surface area contributed by atoms with Gasteiger partial charge in [0.1, 0.15) is 16.0 Å². The lowest BCUT2D eigenvalue weighted by molar-refractivity contribution is -0.149. The summed E-state index contributed by atoms with van der Waals surface area (Å²) >= 11 is 7.48. The second-order valence-electron chi connectivity index (χ2n) is 5.82. The fourth-order valence-corrected chi connectivity index (χ4v) is 6.00. The van der Waals surface area contributed by atoms with Crippen LogP contribution in [0.15, 0.2) is 22.5 Å².